The quantitative estimate of drug-likeness (QED) is 0.651. The molecule has 0 saturated carbocycles. The van der Waals surface area contributed by atoms with Gasteiger partial charge in [0.15, 0.2) is 12.5 Å². The molecule has 1 N–H and O–H groups in total. The van der Waals surface area contributed by atoms with Gasteiger partial charge in [0.2, 0.25) is 0 Å². The molecule has 0 aliphatic rings. The lowest BCUT2D eigenvalue weighted by Gasteiger charge is -2.20. The van der Waals surface area contributed by atoms with Crippen LogP contribution >= 0.6 is 0 Å². The number of fused-ring (bicyclic) bond motifs is 1. The number of carbonyl (C=O) groups excluding carboxylic acids is 2. The van der Waals surface area contributed by atoms with E-state index in [0.717, 1.165) is 4.68 Å². The third-order valence-electron chi connectivity index (χ3n) is 3.91. The Labute approximate surface area is 153 Å². The lowest BCUT2D eigenvalue weighted by Crippen LogP contribution is -2.45. The van der Waals surface area contributed by atoms with Crippen molar-refractivity contribution in [2.24, 2.45) is 5.92 Å². The molecule has 1 aromatic carbocycles. The maximum Gasteiger partial charge on any atom is 0.330 e. The van der Waals surface area contributed by atoms with E-state index >= 15 is 0 Å². The lowest BCUT2D eigenvalue weighted by atomic mass is 10.0. The van der Waals surface area contributed by atoms with Gasteiger partial charge in [-0.05, 0) is 30.2 Å². The summed E-state index contributed by atoms with van der Waals surface area (Å²) in [7, 11) is 0. The molecule has 0 radical (unpaired) electrons. The van der Waals surface area contributed by atoms with Crippen molar-refractivity contribution in [3.05, 3.63) is 58.8 Å². The van der Waals surface area contributed by atoms with Crippen LogP contribution in [0.25, 0.3) is 10.9 Å². The Morgan fingerprint density at radius 1 is 1.22 bits per heavy atom. The van der Waals surface area contributed by atoms with E-state index < -0.39 is 30.2 Å². The standard InChI is InChI=1S/C18H18N4O5/c1-11(2)15(19-16(23)14-8-5-9-26-14)18(25)27-10-22-17(24)12-6-3-4-7-13(12)20-21-22/h3-9,11,15H,10H2,1-2H3,(H,19,23)/t15-/m0/s1. The van der Waals surface area contributed by atoms with Crippen LogP contribution < -0.4 is 10.9 Å². The number of ether oxygens (including phenoxy) is 1. The van der Waals surface area contributed by atoms with Gasteiger partial charge in [-0.2, -0.15) is 4.68 Å². The zero-order chi connectivity index (χ0) is 19.4. The topological polar surface area (TPSA) is 116 Å². The van der Waals surface area contributed by atoms with E-state index in [2.05, 4.69) is 15.6 Å². The van der Waals surface area contributed by atoms with Gasteiger partial charge in [-0.15, -0.1) is 5.10 Å². The largest absolute Gasteiger partial charge is 0.459 e. The average Bonchev–Trinajstić information content (AvgIpc) is 3.20. The molecule has 0 saturated heterocycles. The number of esters is 1. The molecule has 9 nitrogen and oxygen atoms in total. The van der Waals surface area contributed by atoms with Crippen LogP contribution in [0.4, 0.5) is 0 Å². The molecular weight excluding hydrogens is 352 g/mol. The molecule has 27 heavy (non-hydrogen) atoms. The summed E-state index contributed by atoms with van der Waals surface area (Å²) < 4.78 is 11.1. The van der Waals surface area contributed by atoms with Gasteiger partial charge in [-0.3, -0.25) is 9.59 Å². The first kappa shape index (κ1) is 18.3. The smallest absolute Gasteiger partial charge is 0.330 e. The number of nitrogens with zero attached hydrogens (tertiary/aromatic N) is 3. The minimum atomic E-state index is -0.910. The van der Waals surface area contributed by atoms with Gasteiger partial charge in [0.05, 0.1) is 11.6 Å². The zero-order valence-corrected chi connectivity index (χ0v) is 14.8. The summed E-state index contributed by atoms with van der Waals surface area (Å²) in [5, 5.41) is 10.6. The Hall–Kier alpha value is -3.49. The van der Waals surface area contributed by atoms with Crippen molar-refractivity contribution in [2.75, 3.05) is 0 Å². The van der Waals surface area contributed by atoms with Crippen molar-refractivity contribution in [1.82, 2.24) is 20.3 Å². The van der Waals surface area contributed by atoms with E-state index in [-0.39, 0.29) is 11.7 Å². The summed E-state index contributed by atoms with van der Waals surface area (Å²) in [6, 6.07) is 8.89. The normalized spacial score (nSPS) is 12.1. The number of amides is 1. The van der Waals surface area contributed by atoms with E-state index in [1.54, 1.807) is 44.2 Å². The Kier molecular flexibility index (Phi) is 5.30. The lowest BCUT2D eigenvalue weighted by molar-refractivity contribution is -0.151. The van der Waals surface area contributed by atoms with E-state index in [4.69, 9.17) is 9.15 Å². The fraction of sp³-hybridized carbons (Fsp3) is 0.278. The third kappa shape index (κ3) is 4.02. The van der Waals surface area contributed by atoms with Gasteiger partial charge in [0.1, 0.15) is 11.6 Å². The van der Waals surface area contributed by atoms with Crippen molar-refractivity contribution >= 4 is 22.8 Å². The molecule has 3 rings (SSSR count). The SMILES string of the molecule is CC(C)[C@H](NC(=O)c1ccco1)C(=O)OCn1nnc2ccccc2c1=O. The highest BCUT2D eigenvalue weighted by atomic mass is 16.5. The summed E-state index contributed by atoms with van der Waals surface area (Å²) >= 11 is 0. The Morgan fingerprint density at radius 2 is 2.00 bits per heavy atom. The molecule has 0 fully saturated rings. The van der Waals surface area contributed by atoms with Gasteiger partial charge in [-0.1, -0.05) is 31.2 Å². The second-order valence-corrected chi connectivity index (χ2v) is 6.18. The molecule has 0 bridgehead atoms. The number of furan rings is 1. The molecule has 0 unspecified atom stereocenters. The molecule has 0 aliphatic heterocycles. The van der Waals surface area contributed by atoms with Crippen LogP contribution in [0.2, 0.25) is 0 Å². The molecule has 2 heterocycles. The van der Waals surface area contributed by atoms with Crippen LogP contribution in [-0.4, -0.2) is 32.9 Å². The van der Waals surface area contributed by atoms with Crippen molar-refractivity contribution in [3.8, 4) is 0 Å². The highest BCUT2D eigenvalue weighted by Crippen LogP contribution is 2.08. The monoisotopic (exact) mass is 370 g/mol. The van der Waals surface area contributed by atoms with Crippen molar-refractivity contribution in [1.29, 1.82) is 0 Å². The third-order valence-corrected chi connectivity index (χ3v) is 3.91. The number of hydrogen-bond acceptors (Lipinski definition) is 7. The van der Waals surface area contributed by atoms with Crippen molar-refractivity contribution in [3.63, 3.8) is 0 Å². The Balaban J connectivity index is 1.70. The molecule has 0 aliphatic carbocycles. The van der Waals surface area contributed by atoms with Gasteiger partial charge in [0.25, 0.3) is 11.5 Å². The second-order valence-electron chi connectivity index (χ2n) is 6.18. The highest BCUT2D eigenvalue weighted by molar-refractivity contribution is 5.94. The Morgan fingerprint density at radius 3 is 2.70 bits per heavy atom. The zero-order valence-electron chi connectivity index (χ0n) is 14.8. The highest BCUT2D eigenvalue weighted by Gasteiger charge is 2.27. The number of aromatic nitrogens is 3. The van der Waals surface area contributed by atoms with E-state index in [1.807, 2.05) is 0 Å². The van der Waals surface area contributed by atoms with E-state index in [9.17, 15) is 14.4 Å². The van der Waals surface area contributed by atoms with Crippen LogP contribution in [0.15, 0.2) is 51.9 Å². The minimum absolute atomic E-state index is 0.0880. The minimum Gasteiger partial charge on any atom is -0.459 e. The van der Waals surface area contributed by atoms with E-state index in [1.165, 1.54) is 12.3 Å². The summed E-state index contributed by atoms with van der Waals surface area (Å²) in [4.78, 5) is 36.9. The fourth-order valence-corrected chi connectivity index (χ4v) is 2.44. The van der Waals surface area contributed by atoms with E-state index in [0.29, 0.717) is 10.9 Å². The summed E-state index contributed by atoms with van der Waals surface area (Å²) in [5.74, 6) is -1.37. The average molecular weight is 370 g/mol. The predicted molar refractivity (Wildman–Crippen MR) is 94.7 cm³/mol. The second kappa shape index (κ2) is 7.81. The first-order chi connectivity index (χ1) is 13.0. The molecule has 2 aromatic heterocycles. The number of rotatable bonds is 6. The van der Waals surface area contributed by atoms with Crippen molar-refractivity contribution in [2.45, 2.75) is 26.6 Å². The first-order valence-corrected chi connectivity index (χ1v) is 8.31. The number of carbonyl (C=O) groups is 2. The molecule has 9 heteroatoms. The van der Waals surface area contributed by atoms with Crippen LogP contribution in [0.3, 0.4) is 0 Å². The fourth-order valence-electron chi connectivity index (χ4n) is 2.44. The molecule has 1 atom stereocenters. The van der Waals surface area contributed by atoms with Crippen LogP contribution in [0, 0.1) is 5.92 Å². The molecular formula is C18H18N4O5. The molecule has 140 valence electrons. The molecule has 1 amide bonds. The summed E-state index contributed by atoms with van der Waals surface area (Å²) in [6.07, 6.45) is 1.36. The number of hydrogen-bond donors (Lipinski definition) is 1. The Bertz CT molecular complexity index is 1010. The van der Waals surface area contributed by atoms with Crippen LogP contribution in [0.5, 0.6) is 0 Å². The van der Waals surface area contributed by atoms with Gasteiger partial charge < -0.3 is 14.5 Å². The maximum absolute atomic E-state index is 12.4. The van der Waals surface area contributed by atoms with Crippen LogP contribution in [-0.2, 0) is 16.3 Å². The number of nitrogens with one attached hydrogen (secondary N) is 1. The van der Waals surface area contributed by atoms with Gasteiger partial charge in [0, 0.05) is 0 Å². The number of benzene rings is 1. The molecule has 3 aromatic rings. The van der Waals surface area contributed by atoms with Gasteiger partial charge in [-0.25, -0.2) is 4.79 Å². The predicted octanol–water partition coefficient (Wildman–Crippen LogP) is 1.34. The van der Waals surface area contributed by atoms with Gasteiger partial charge >= 0.3 is 5.97 Å². The maximum atomic E-state index is 12.4. The summed E-state index contributed by atoms with van der Waals surface area (Å²) in [6.45, 7) is 3.11. The van der Waals surface area contributed by atoms with Crippen molar-refractivity contribution < 1.29 is 18.7 Å². The van der Waals surface area contributed by atoms with Crippen LogP contribution in [0.1, 0.15) is 24.4 Å². The molecule has 0 spiro atoms. The summed E-state index contributed by atoms with van der Waals surface area (Å²) in [5.41, 5.74) is 0.0324. The first-order valence-electron chi connectivity index (χ1n) is 8.31.